The molecule has 8 heteroatoms. The Hall–Kier alpha value is -2.90. The molecule has 0 bridgehead atoms. The Balaban J connectivity index is 1.88. The fourth-order valence-electron chi connectivity index (χ4n) is 3.81. The number of aryl methyl sites for hydroxylation is 1. The molecule has 0 aromatic heterocycles. The molecule has 1 aliphatic carbocycles. The van der Waals surface area contributed by atoms with Crippen molar-refractivity contribution in [2.75, 3.05) is 5.32 Å². The van der Waals surface area contributed by atoms with E-state index in [1.165, 1.54) is 24.3 Å². The van der Waals surface area contributed by atoms with E-state index in [2.05, 4.69) is 5.32 Å². The number of rotatable bonds is 8. The molecule has 2 aromatic rings. The Bertz CT molecular complexity index is 997. The molecule has 0 spiro atoms. The number of amides is 1. The van der Waals surface area contributed by atoms with Crippen molar-refractivity contribution in [3.63, 3.8) is 0 Å². The van der Waals surface area contributed by atoms with E-state index in [1.807, 2.05) is 6.92 Å². The molecular weight excluding hydrogens is 426 g/mol. The smallest absolute Gasteiger partial charge is 0.392 e. The van der Waals surface area contributed by atoms with Crippen molar-refractivity contribution in [1.82, 2.24) is 0 Å². The first-order chi connectivity index (χ1) is 15.0. The van der Waals surface area contributed by atoms with Gasteiger partial charge in [-0.1, -0.05) is 44.2 Å². The Morgan fingerprint density at radius 2 is 1.69 bits per heavy atom. The van der Waals surface area contributed by atoms with Crippen molar-refractivity contribution in [3.05, 3.63) is 65.0 Å². The van der Waals surface area contributed by atoms with Gasteiger partial charge in [-0.3, -0.25) is 9.59 Å². The molecule has 0 unspecified atom stereocenters. The third kappa shape index (κ3) is 5.11. The van der Waals surface area contributed by atoms with E-state index in [1.54, 1.807) is 12.1 Å². The van der Waals surface area contributed by atoms with Crippen molar-refractivity contribution >= 4 is 17.6 Å². The molecule has 32 heavy (non-hydrogen) atoms. The fourth-order valence-corrected chi connectivity index (χ4v) is 3.81. The number of carboxylic acids is 1. The molecule has 0 radical (unpaired) electrons. The second-order valence-corrected chi connectivity index (χ2v) is 8.47. The lowest BCUT2D eigenvalue weighted by molar-refractivity contribution is -0.178. The van der Waals surface area contributed by atoms with Gasteiger partial charge in [0.2, 0.25) is 5.91 Å². The lowest BCUT2D eigenvalue weighted by atomic mass is 9.85. The number of alkyl halides is 3. The number of nitrogens with one attached hydrogen (secondary N) is 1. The molecule has 1 amide bonds. The van der Waals surface area contributed by atoms with Gasteiger partial charge in [0.05, 0.1) is 22.9 Å². The lowest BCUT2D eigenvalue weighted by Crippen LogP contribution is -2.34. The van der Waals surface area contributed by atoms with Gasteiger partial charge in [-0.05, 0) is 54.5 Å². The summed E-state index contributed by atoms with van der Waals surface area (Å²) >= 11 is 0. The number of hydrogen-bond donors (Lipinski definition) is 2. The molecule has 2 N–H and O–H groups in total. The molecular formula is C24H25F4NO3. The van der Waals surface area contributed by atoms with E-state index in [0.29, 0.717) is 24.8 Å². The second-order valence-electron chi connectivity index (χ2n) is 8.47. The van der Waals surface area contributed by atoms with Gasteiger partial charge in [0.15, 0.2) is 0 Å². The molecule has 0 heterocycles. The number of hydrogen-bond acceptors (Lipinski definition) is 2. The SMILES string of the molecule is CCc1ccc([C@@H](C(=O)Nc2cc(CC3(C(=O)O)CC3)ccc2F)[C@@H](C)C(F)(F)F)cc1. The van der Waals surface area contributed by atoms with E-state index in [0.717, 1.165) is 18.6 Å². The van der Waals surface area contributed by atoms with Crippen molar-refractivity contribution < 1.29 is 32.3 Å². The van der Waals surface area contributed by atoms with Crippen molar-refractivity contribution in [2.45, 2.75) is 51.6 Å². The predicted molar refractivity (Wildman–Crippen MR) is 112 cm³/mol. The largest absolute Gasteiger partial charge is 0.481 e. The number of anilines is 1. The normalized spacial score (nSPS) is 16.8. The third-order valence-corrected chi connectivity index (χ3v) is 6.18. The first-order valence-corrected chi connectivity index (χ1v) is 10.4. The predicted octanol–water partition coefficient (Wildman–Crippen LogP) is 5.72. The summed E-state index contributed by atoms with van der Waals surface area (Å²) in [5.74, 6) is -6.29. The average molecular weight is 451 g/mol. The zero-order chi connectivity index (χ0) is 23.7. The summed E-state index contributed by atoms with van der Waals surface area (Å²) < 4.78 is 55.0. The van der Waals surface area contributed by atoms with Gasteiger partial charge in [0.25, 0.3) is 0 Å². The minimum Gasteiger partial charge on any atom is -0.481 e. The number of benzene rings is 2. The molecule has 3 rings (SSSR count). The topological polar surface area (TPSA) is 66.4 Å². The standard InChI is InChI=1S/C24H25F4NO3/c1-3-15-4-7-17(8-5-15)20(14(2)24(26,27)28)21(30)29-19-12-16(6-9-18(19)25)13-23(10-11-23)22(31)32/h4-9,12,14,20H,3,10-11,13H2,1-2H3,(H,29,30)(H,31,32)/t14-,20+/m1/s1. The summed E-state index contributed by atoms with van der Waals surface area (Å²) in [5.41, 5.74) is 0.434. The second kappa shape index (κ2) is 8.92. The molecule has 1 fully saturated rings. The van der Waals surface area contributed by atoms with Crippen LogP contribution in [0, 0.1) is 17.2 Å². The van der Waals surface area contributed by atoms with Crippen LogP contribution in [0.1, 0.15) is 49.3 Å². The van der Waals surface area contributed by atoms with Gasteiger partial charge in [-0.15, -0.1) is 0 Å². The molecule has 2 aromatic carbocycles. The average Bonchev–Trinajstić information content (AvgIpc) is 3.51. The Morgan fingerprint density at radius 3 is 2.19 bits per heavy atom. The van der Waals surface area contributed by atoms with Crippen LogP contribution >= 0.6 is 0 Å². The summed E-state index contributed by atoms with van der Waals surface area (Å²) in [6.07, 6.45) is -2.78. The zero-order valence-electron chi connectivity index (χ0n) is 17.8. The van der Waals surface area contributed by atoms with Gasteiger partial charge >= 0.3 is 12.1 Å². The van der Waals surface area contributed by atoms with Crippen molar-refractivity contribution in [3.8, 4) is 0 Å². The fraction of sp³-hybridized carbons (Fsp3) is 0.417. The molecule has 0 aliphatic heterocycles. The number of carbonyl (C=O) groups excluding carboxylic acids is 1. The molecule has 1 aliphatic rings. The number of aliphatic carboxylic acids is 1. The van der Waals surface area contributed by atoms with Crippen LogP contribution in [0.4, 0.5) is 23.2 Å². The molecule has 4 nitrogen and oxygen atoms in total. The van der Waals surface area contributed by atoms with Gasteiger partial charge < -0.3 is 10.4 Å². The van der Waals surface area contributed by atoms with Crippen LogP contribution in [0.2, 0.25) is 0 Å². The number of carbonyl (C=O) groups is 2. The van der Waals surface area contributed by atoms with E-state index in [4.69, 9.17) is 0 Å². The third-order valence-electron chi connectivity index (χ3n) is 6.18. The van der Waals surface area contributed by atoms with Crippen LogP contribution in [0.25, 0.3) is 0 Å². The molecule has 2 atom stereocenters. The van der Waals surface area contributed by atoms with Gasteiger partial charge in [0, 0.05) is 0 Å². The minimum absolute atomic E-state index is 0.159. The van der Waals surface area contributed by atoms with Crippen LogP contribution in [-0.4, -0.2) is 23.2 Å². The number of halogens is 4. The highest BCUT2D eigenvalue weighted by Crippen LogP contribution is 2.49. The van der Waals surface area contributed by atoms with E-state index < -0.39 is 41.1 Å². The maximum absolute atomic E-state index is 14.4. The zero-order valence-corrected chi connectivity index (χ0v) is 17.8. The van der Waals surface area contributed by atoms with E-state index in [-0.39, 0.29) is 17.7 Å². The highest BCUT2D eigenvalue weighted by atomic mass is 19.4. The van der Waals surface area contributed by atoms with Crippen LogP contribution in [0.5, 0.6) is 0 Å². The lowest BCUT2D eigenvalue weighted by Gasteiger charge is -2.26. The summed E-state index contributed by atoms with van der Waals surface area (Å²) in [6, 6.07) is 10.1. The Kier molecular flexibility index (Phi) is 6.62. The summed E-state index contributed by atoms with van der Waals surface area (Å²) in [7, 11) is 0. The molecule has 0 saturated heterocycles. The highest BCUT2D eigenvalue weighted by molar-refractivity contribution is 5.96. The number of carboxylic acid groups (broad SMARTS) is 1. The van der Waals surface area contributed by atoms with Crippen LogP contribution in [-0.2, 0) is 22.4 Å². The first-order valence-electron chi connectivity index (χ1n) is 10.4. The Labute approximate surface area is 183 Å². The summed E-state index contributed by atoms with van der Waals surface area (Å²) in [6.45, 7) is 2.83. The maximum Gasteiger partial charge on any atom is 0.392 e. The summed E-state index contributed by atoms with van der Waals surface area (Å²) in [5, 5.41) is 11.7. The molecule has 1 saturated carbocycles. The van der Waals surface area contributed by atoms with Gasteiger partial charge in [-0.2, -0.15) is 13.2 Å². The van der Waals surface area contributed by atoms with Crippen LogP contribution < -0.4 is 5.32 Å². The van der Waals surface area contributed by atoms with Gasteiger partial charge in [-0.25, -0.2) is 4.39 Å². The Morgan fingerprint density at radius 1 is 1.09 bits per heavy atom. The highest BCUT2D eigenvalue weighted by Gasteiger charge is 2.50. The summed E-state index contributed by atoms with van der Waals surface area (Å²) in [4.78, 5) is 24.4. The van der Waals surface area contributed by atoms with Crippen molar-refractivity contribution in [1.29, 1.82) is 0 Å². The van der Waals surface area contributed by atoms with Crippen molar-refractivity contribution in [2.24, 2.45) is 11.3 Å². The maximum atomic E-state index is 14.4. The van der Waals surface area contributed by atoms with E-state index in [9.17, 15) is 32.3 Å². The quantitative estimate of drug-likeness (QED) is 0.505. The van der Waals surface area contributed by atoms with Crippen LogP contribution in [0.15, 0.2) is 42.5 Å². The van der Waals surface area contributed by atoms with E-state index >= 15 is 0 Å². The monoisotopic (exact) mass is 451 g/mol. The first kappa shape index (κ1) is 23.8. The molecule has 172 valence electrons. The van der Waals surface area contributed by atoms with Crippen LogP contribution in [0.3, 0.4) is 0 Å². The minimum atomic E-state index is -4.63. The van der Waals surface area contributed by atoms with Gasteiger partial charge in [0.1, 0.15) is 5.82 Å².